The molecule has 0 fully saturated rings. The van der Waals surface area contributed by atoms with Crippen LogP contribution in [0.4, 0.5) is 0 Å². The number of carboxylic acids is 1. The van der Waals surface area contributed by atoms with E-state index < -0.39 is 12.1 Å². The van der Waals surface area contributed by atoms with Gasteiger partial charge in [0.1, 0.15) is 6.54 Å². The smallest absolute Gasteiger partial charge is 0.307 e. The summed E-state index contributed by atoms with van der Waals surface area (Å²) in [4.78, 5) is 10.4. The average molecular weight is 223 g/mol. The SMILES string of the molecule is C[N+](C)(C)C[C@@H](CC(=O)O)OC#N.[Cl-]. The molecule has 1 atom stereocenters. The molecule has 0 amide bonds. The van der Waals surface area contributed by atoms with Crippen LogP contribution < -0.4 is 12.4 Å². The van der Waals surface area contributed by atoms with Crippen LogP contribution in [-0.2, 0) is 9.53 Å². The lowest BCUT2D eigenvalue weighted by Crippen LogP contribution is -3.00. The summed E-state index contributed by atoms with van der Waals surface area (Å²) in [7, 11) is 5.74. The summed E-state index contributed by atoms with van der Waals surface area (Å²) < 4.78 is 5.21. The van der Waals surface area contributed by atoms with Crippen LogP contribution in [-0.4, -0.2) is 49.4 Å². The summed E-state index contributed by atoms with van der Waals surface area (Å²) in [5.41, 5.74) is 0. The van der Waals surface area contributed by atoms with Gasteiger partial charge >= 0.3 is 5.97 Å². The van der Waals surface area contributed by atoms with Gasteiger partial charge in [-0.05, 0) is 0 Å². The molecule has 0 saturated carbocycles. The summed E-state index contributed by atoms with van der Waals surface area (Å²) in [6, 6.07) is 0. The number of ether oxygens (including phenoxy) is 1. The van der Waals surface area contributed by atoms with Crippen LogP contribution in [0.15, 0.2) is 0 Å². The van der Waals surface area contributed by atoms with Crippen LogP contribution in [0, 0.1) is 11.5 Å². The van der Waals surface area contributed by atoms with Crippen LogP contribution in [0.2, 0.25) is 0 Å². The van der Waals surface area contributed by atoms with Gasteiger partial charge in [0.25, 0.3) is 6.26 Å². The first-order valence-corrected chi connectivity index (χ1v) is 3.92. The average Bonchev–Trinajstić information content (AvgIpc) is 1.81. The fourth-order valence-corrected chi connectivity index (χ4v) is 1.02. The van der Waals surface area contributed by atoms with E-state index in [0.717, 1.165) is 0 Å². The summed E-state index contributed by atoms with van der Waals surface area (Å²) in [6.45, 7) is 0.500. The Balaban J connectivity index is 0. The highest BCUT2D eigenvalue weighted by Gasteiger charge is 2.22. The van der Waals surface area contributed by atoms with Crippen molar-refractivity contribution in [3.05, 3.63) is 0 Å². The van der Waals surface area contributed by atoms with Gasteiger partial charge in [-0.25, -0.2) is 0 Å². The number of halogens is 1. The molecule has 0 aromatic rings. The molecule has 0 radical (unpaired) electrons. The van der Waals surface area contributed by atoms with Gasteiger partial charge in [0, 0.05) is 0 Å². The number of hydrogen-bond acceptors (Lipinski definition) is 3. The summed E-state index contributed by atoms with van der Waals surface area (Å²) in [5, 5.41) is 16.8. The maximum Gasteiger partial charge on any atom is 0.307 e. The molecule has 14 heavy (non-hydrogen) atoms. The number of carbonyl (C=O) groups is 1. The van der Waals surface area contributed by atoms with Gasteiger partial charge in [0.05, 0.1) is 27.6 Å². The van der Waals surface area contributed by atoms with Crippen molar-refractivity contribution < 1.29 is 31.5 Å². The highest BCUT2D eigenvalue weighted by atomic mass is 35.5. The molecule has 82 valence electrons. The lowest BCUT2D eigenvalue weighted by atomic mass is 10.2. The van der Waals surface area contributed by atoms with E-state index in [1.54, 1.807) is 0 Å². The zero-order chi connectivity index (χ0) is 10.5. The Labute approximate surface area is 89.9 Å². The molecular weight excluding hydrogens is 208 g/mol. The van der Waals surface area contributed by atoms with Crippen molar-refractivity contribution in [1.29, 1.82) is 5.26 Å². The van der Waals surface area contributed by atoms with Crippen LogP contribution in [0.3, 0.4) is 0 Å². The largest absolute Gasteiger partial charge is 1.00 e. The molecule has 1 N–H and O–H groups in total. The first-order chi connectivity index (χ1) is 5.85. The minimum Gasteiger partial charge on any atom is -1.00 e. The van der Waals surface area contributed by atoms with Crippen LogP contribution in [0.25, 0.3) is 0 Å². The first kappa shape index (κ1) is 15.5. The normalized spacial score (nSPS) is 12.1. The van der Waals surface area contributed by atoms with Gasteiger partial charge in [0.2, 0.25) is 0 Å². The third-order valence-electron chi connectivity index (χ3n) is 1.37. The van der Waals surface area contributed by atoms with E-state index in [0.29, 0.717) is 11.0 Å². The number of carboxylic acid groups (broad SMARTS) is 1. The van der Waals surface area contributed by atoms with E-state index >= 15 is 0 Å². The molecule has 0 aliphatic heterocycles. The maximum absolute atomic E-state index is 10.4. The van der Waals surface area contributed by atoms with Gasteiger partial charge in [-0.1, -0.05) is 0 Å². The van der Waals surface area contributed by atoms with E-state index in [1.807, 2.05) is 21.1 Å². The van der Waals surface area contributed by atoms with Gasteiger partial charge in [-0.2, -0.15) is 5.26 Å². The van der Waals surface area contributed by atoms with Crippen LogP contribution in [0.1, 0.15) is 6.42 Å². The Hall–Kier alpha value is -0.990. The Kier molecular flexibility index (Phi) is 7.15. The number of rotatable bonds is 5. The highest BCUT2D eigenvalue weighted by Crippen LogP contribution is 2.03. The number of quaternary nitrogens is 1. The third kappa shape index (κ3) is 9.10. The monoisotopic (exact) mass is 222 g/mol. The second kappa shape index (κ2) is 6.46. The minimum absolute atomic E-state index is 0. The fraction of sp³-hybridized carbons (Fsp3) is 0.750. The Morgan fingerprint density at radius 3 is 2.36 bits per heavy atom. The molecule has 0 saturated heterocycles. The number of likely N-dealkylation sites (N-methyl/N-ethyl adjacent to an activating group) is 1. The molecule has 0 heterocycles. The Morgan fingerprint density at radius 1 is 1.57 bits per heavy atom. The summed E-state index contributed by atoms with van der Waals surface area (Å²) in [6.07, 6.45) is 0.847. The standard InChI is InChI=1S/C8H14N2O3.ClH/c1-10(2,3)5-7(13-6-9)4-8(11)12;/h7H,4-5H2,1-3H3;1H/t7-;/m1./s1. The Bertz CT molecular complexity index is 220. The van der Waals surface area contributed by atoms with Crippen LogP contribution >= 0.6 is 0 Å². The van der Waals surface area contributed by atoms with Crippen LogP contribution in [0.5, 0.6) is 0 Å². The van der Waals surface area contributed by atoms with Crippen molar-refractivity contribution in [1.82, 2.24) is 0 Å². The third-order valence-corrected chi connectivity index (χ3v) is 1.37. The van der Waals surface area contributed by atoms with Crippen molar-refractivity contribution in [3.63, 3.8) is 0 Å². The lowest BCUT2D eigenvalue weighted by Gasteiger charge is -2.26. The van der Waals surface area contributed by atoms with Crippen molar-refractivity contribution in [2.75, 3.05) is 27.7 Å². The van der Waals surface area contributed by atoms with Crippen molar-refractivity contribution in [2.45, 2.75) is 12.5 Å². The summed E-state index contributed by atoms with van der Waals surface area (Å²) in [5.74, 6) is -0.950. The van der Waals surface area contributed by atoms with E-state index in [-0.39, 0.29) is 18.8 Å². The van der Waals surface area contributed by atoms with Gasteiger partial charge < -0.3 is 26.7 Å². The number of nitrogens with zero attached hydrogens (tertiary/aromatic N) is 2. The molecule has 5 nitrogen and oxygen atoms in total. The zero-order valence-electron chi connectivity index (χ0n) is 8.53. The second-order valence-electron chi connectivity index (χ2n) is 3.90. The molecule has 0 aromatic heterocycles. The van der Waals surface area contributed by atoms with Gasteiger partial charge in [-0.15, -0.1) is 0 Å². The number of hydrogen-bond donors (Lipinski definition) is 1. The molecule has 0 aromatic carbocycles. The van der Waals surface area contributed by atoms with Gasteiger partial charge in [0.15, 0.2) is 6.10 Å². The molecule has 0 bridgehead atoms. The van der Waals surface area contributed by atoms with Crippen molar-refractivity contribution in [2.24, 2.45) is 0 Å². The number of aliphatic carboxylic acids is 1. The van der Waals surface area contributed by atoms with E-state index in [4.69, 9.17) is 10.4 Å². The van der Waals surface area contributed by atoms with Crippen molar-refractivity contribution >= 4 is 5.97 Å². The quantitative estimate of drug-likeness (QED) is 0.399. The van der Waals surface area contributed by atoms with E-state index in [9.17, 15) is 4.79 Å². The number of nitriles is 1. The predicted molar refractivity (Wildman–Crippen MR) is 45.6 cm³/mol. The molecule has 0 unspecified atom stereocenters. The topological polar surface area (TPSA) is 70.3 Å². The molecular formula is C8H15ClN2O3. The molecule has 0 spiro atoms. The second-order valence-corrected chi connectivity index (χ2v) is 3.90. The molecule has 0 aliphatic carbocycles. The highest BCUT2D eigenvalue weighted by molar-refractivity contribution is 5.67. The fourth-order valence-electron chi connectivity index (χ4n) is 1.02. The lowest BCUT2D eigenvalue weighted by molar-refractivity contribution is -0.873. The molecule has 0 aliphatic rings. The predicted octanol–water partition coefficient (Wildman–Crippen LogP) is -2.96. The summed E-state index contributed by atoms with van der Waals surface area (Å²) >= 11 is 0. The zero-order valence-corrected chi connectivity index (χ0v) is 9.28. The minimum atomic E-state index is -0.950. The Morgan fingerprint density at radius 2 is 2.07 bits per heavy atom. The molecule has 0 rings (SSSR count). The van der Waals surface area contributed by atoms with Gasteiger partial charge in [-0.3, -0.25) is 4.79 Å². The van der Waals surface area contributed by atoms with E-state index in [2.05, 4.69) is 4.74 Å². The van der Waals surface area contributed by atoms with E-state index in [1.165, 1.54) is 6.26 Å². The first-order valence-electron chi connectivity index (χ1n) is 3.92. The maximum atomic E-state index is 10.4. The molecule has 6 heteroatoms. The van der Waals surface area contributed by atoms with Crippen molar-refractivity contribution in [3.8, 4) is 6.26 Å².